The minimum atomic E-state index is 0.0241. The first kappa shape index (κ1) is 57.9. The van der Waals surface area contributed by atoms with Crippen LogP contribution in [0.15, 0.2) is 305 Å². The van der Waals surface area contributed by atoms with Crippen molar-refractivity contribution < 1.29 is 18.4 Å². The fourth-order valence-electron chi connectivity index (χ4n) is 19.6. The predicted molar refractivity (Wildman–Crippen MR) is 406 cm³/mol. The van der Waals surface area contributed by atoms with Gasteiger partial charge in [0.25, 0.3) is 28.6 Å². The van der Waals surface area contributed by atoms with Crippen molar-refractivity contribution in [2.24, 2.45) is 0 Å². The first-order chi connectivity index (χ1) is 52.5. The summed E-state index contributed by atoms with van der Waals surface area (Å²) >= 11 is 0. The summed E-state index contributed by atoms with van der Waals surface area (Å²) in [5.41, 5.74) is 28.0. The molecular weight excluding hydrogens is 1310 g/mol. The number of aromatic nitrogens is 12. The zero-order valence-corrected chi connectivity index (χ0v) is 57.7. The minimum Gasteiger partial charge on any atom is -0.420 e. The maximum atomic E-state index is 6.32. The summed E-state index contributed by atoms with van der Waals surface area (Å²) in [5, 5.41) is 0. The first-order valence-corrected chi connectivity index (χ1v) is 36.5. The highest BCUT2D eigenvalue weighted by atomic mass is 16.5. The van der Waals surface area contributed by atoms with Gasteiger partial charge in [0.1, 0.15) is 23.8 Å². The summed E-state index contributed by atoms with van der Waals surface area (Å²) in [6.45, 7) is 5.37. The van der Waals surface area contributed by atoms with Crippen molar-refractivity contribution in [3.05, 3.63) is 355 Å². The van der Waals surface area contributed by atoms with Crippen molar-refractivity contribution in [2.75, 3.05) is 14.7 Å². The molecule has 9 aromatic carbocycles. The zero-order chi connectivity index (χ0) is 69.3. The second kappa shape index (κ2) is 21.5. The van der Waals surface area contributed by atoms with Gasteiger partial charge in [-0.15, -0.1) is 9.13 Å². The summed E-state index contributed by atoms with van der Waals surface area (Å²) in [4.78, 5) is 28.4. The summed E-state index contributed by atoms with van der Waals surface area (Å²) in [6, 6.07) is 88.4. The molecule has 0 fully saturated rings. The lowest BCUT2D eigenvalue weighted by Crippen LogP contribution is -2.42. The summed E-state index contributed by atoms with van der Waals surface area (Å²) in [7, 11) is 0. The SMILES string of the molecule is C1=CN2c3ccccc3C3c4ccccc4CN1C32.C1=CN2c3ccccc3C3c4ccccc4N1C32.Cc1cccc(C)c1-n1cc2[n+]3c1-c1ccccc1C3c1ccccc1O2.c1cc2[n+]3c(c1)-c1nc4ccccc4n1C3n1c-2nc2ccccc21.c1cc2[n+]3c(c1)-c1nccn1C3n1ccnc1-2. The number of ether oxygens (including phenoxy) is 1. The van der Waals surface area contributed by atoms with Gasteiger partial charge in [-0.2, -0.15) is 9.13 Å². The number of hydrogen-bond acceptors (Lipinski definition) is 9. The highest BCUT2D eigenvalue weighted by molar-refractivity contribution is 5.85. The summed E-state index contributed by atoms with van der Waals surface area (Å²) < 4.78 is 24.6. The standard InChI is InChI=1S/C24H19N2O.C20H12N5.C17H14N2.C16H12N2.C12H8N5/c1-15-8-7-9-16(2)22(15)25-14-21-26-23(19-12-5-6-13-20(19)27-21)17-10-3-4-11-18(17)24(25)26;1-3-8-14-12(6-1)21-18-16-10-5-11-17-19-22-13-7-2-4-9-15(13)25(19)20(23(16)17)24(14)18;1-2-6-13-12(5-1)11-18-9-10-19-15-8-4-3-7-14(15)16(13)17(18)19;1-3-7-13-11(5-1)15-12-6-2-4-8-14(12)18-10-9-17(13)16(15)18;1-2-8-10-13-4-6-15(10)12-16-7-5-14-11(16)9(3-1)17(8)12/h3-14,23H,1-2H3;1-11,20H;1-10,16-17H,11H2;1-10,15-16H;1-7,12H/q2*+1;;;+1. The van der Waals surface area contributed by atoms with E-state index in [1.807, 2.05) is 43.0 Å². The van der Waals surface area contributed by atoms with Crippen LogP contribution in [0.25, 0.3) is 85.2 Å². The fourth-order valence-corrected chi connectivity index (χ4v) is 19.6. The Balaban J connectivity index is 0.0000000794. The smallest absolute Gasteiger partial charge is 0.331 e. The number of nitrogens with zero attached hydrogens (tertiary/aromatic N) is 16. The molecule has 0 aliphatic carbocycles. The number of aryl methyl sites for hydroxylation is 2. The van der Waals surface area contributed by atoms with E-state index in [0.717, 1.165) is 86.3 Å². The molecular formula is C89H65N16O+3. The number of anilines is 3. The molecule has 28 rings (SSSR count). The van der Waals surface area contributed by atoms with Crippen molar-refractivity contribution in [1.82, 2.24) is 47.7 Å². The van der Waals surface area contributed by atoms with Gasteiger partial charge in [-0.1, -0.05) is 158 Å². The Morgan fingerprint density at radius 1 is 0.406 bits per heavy atom. The molecule has 12 aliphatic heterocycles. The van der Waals surface area contributed by atoms with Crippen LogP contribution in [-0.4, -0.2) is 60.0 Å². The third kappa shape index (κ3) is 7.68. The molecule has 0 saturated heterocycles. The second-order valence-corrected chi connectivity index (χ2v) is 29.0. The number of rotatable bonds is 1. The Morgan fingerprint density at radius 2 is 0.877 bits per heavy atom. The molecule has 106 heavy (non-hydrogen) atoms. The molecule has 19 heterocycles. The molecule has 0 bridgehead atoms. The third-order valence-corrected chi connectivity index (χ3v) is 23.7. The van der Waals surface area contributed by atoms with Crippen LogP contribution < -0.4 is 33.1 Å². The molecule has 17 nitrogen and oxygen atoms in total. The Hall–Kier alpha value is -13.7. The molecule has 504 valence electrons. The van der Waals surface area contributed by atoms with Crippen molar-refractivity contribution in [3.63, 3.8) is 0 Å². The van der Waals surface area contributed by atoms with Gasteiger partial charge >= 0.3 is 18.5 Å². The largest absolute Gasteiger partial charge is 0.420 e. The molecule has 16 aromatic rings. The summed E-state index contributed by atoms with van der Waals surface area (Å²) in [5.74, 6) is 8.11. The van der Waals surface area contributed by atoms with Crippen molar-refractivity contribution in [2.45, 2.75) is 63.2 Å². The van der Waals surface area contributed by atoms with E-state index in [1.165, 1.54) is 84.2 Å². The Bertz CT molecular complexity index is 6300. The third-order valence-electron chi connectivity index (χ3n) is 23.7. The first-order valence-electron chi connectivity index (χ1n) is 36.5. The van der Waals surface area contributed by atoms with E-state index in [2.05, 4.69) is 341 Å². The van der Waals surface area contributed by atoms with Crippen LogP contribution in [0.2, 0.25) is 0 Å². The van der Waals surface area contributed by atoms with Crippen LogP contribution in [0.4, 0.5) is 17.1 Å². The van der Waals surface area contributed by atoms with Gasteiger partial charge in [-0.25, -0.2) is 38.2 Å². The van der Waals surface area contributed by atoms with E-state index >= 15 is 0 Å². The highest BCUT2D eigenvalue weighted by Crippen LogP contribution is 2.57. The van der Waals surface area contributed by atoms with Crippen LogP contribution >= 0.6 is 0 Å². The van der Waals surface area contributed by atoms with E-state index in [-0.39, 0.29) is 18.6 Å². The number of hydrogen-bond donors (Lipinski definition) is 0. The van der Waals surface area contributed by atoms with Crippen LogP contribution in [0.3, 0.4) is 0 Å². The number of para-hydroxylation sites is 9. The fraction of sp³-hybridized carbons (Fsp3) is 0.112. The quantitative estimate of drug-likeness (QED) is 0.148. The zero-order valence-electron chi connectivity index (χ0n) is 57.7. The molecule has 0 amide bonds. The van der Waals surface area contributed by atoms with Gasteiger partial charge in [0.2, 0.25) is 23.3 Å². The molecule has 0 saturated carbocycles. The van der Waals surface area contributed by atoms with Gasteiger partial charge in [0, 0.05) is 109 Å². The lowest BCUT2D eigenvalue weighted by atomic mass is 9.84. The Morgan fingerprint density at radius 3 is 1.49 bits per heavy atom. The molecule has 12 aliphatic rings. The lowest BCUT2D eigenvalue weighted by molar-refractivity contribution is -0.696. The number of imidazole rings is 5. The topological polar surface area (TPSA) is 110 Å². The molecule has 3 atom stereocenters. The molecule has 7 aromatic heterocycles. The maximum absolute atomic E-state index is 6.32. The van der Waals surface area contributed by atoms with Crippen LogP contribution in [0, 0.1) is 13.8 Å². The number of pyridine rings is 2. The van der Waals surface area contributed by atoms with E-state index in [4.69, 9.17) is 14.7 Å². The second-order valence-electron chi connectivity index (χ2n) is 29.0. The van der Waals surface area contributed by atoms with Crippen LogP contribution in [0.1, 0.15) is 80.5 Å². The predicted octanol–water partition coefficient (Wildman–Crippen LogP) is 15.7. The lowest BCUT2D eigenvalue weighted by Gasteiger charge is -2.37. The van der Waals surface area contributed by atoms with Crippen LogP contribution in [-0.2, 0) is 6.54 Å². The molecule has 0 N–H and O–H groups in total. The summed E-state index contributed by atoms with van der Waals surface area (Å²) in [6.07, 6.45) is 19.8. The van der Waals surface area contributed by atoms with E-state index in [0.29, 0.717) is 24.2 Å². The Labute approximate surface area is 609 Å². The normalized spacial score (nSPS) is 18.6. The average molecular weight is 1370 g/mol. The van der Waals surface area contributed by atoms with E-state index in [9.17, 15) is 0 Å². The molecule has 3 unspecified atom stereocenters. The molecule has 0 radical (unpaired) electrons. The van der Waals surface area contributed by atoms with Gasteiger partial charge < -0.3 is 24.3 Å². The van der Waals surface area contributed by atoms with E-state index in [1.54, 1.807) is 0 Å². The van der Waals surface area contributed by atoms with Gasteiger partial charge in [-0.3, -0.25) is 0 Å². The van der Waals surface area contributed by atoms with Gasteiger partial charge in [0.15, 0.2) is 12.2 Å². The van der Waals surface area contributed by atoms with Gasteiger partial charge in [-0.05, 0) is 120 Å². The van der Waals surface area contributed by atoms with E-state index < -0.39 is 0 Å². The highest BCUT2D eigenvalue weighted by Gasteiger charge is 2.54. The Kier molecular flexibility index (Phi) is 11.7. The van der Waals surface area contributed by atoms with Gasteiger partial charge in [0.05, 0.1) is 39.5 Å². The van der Waals surface area contributed by atoms with Crippen molar-refractivity contribution >= 4 is 39.1 Å². The number of fused-ring (bicyclic) bond motifs is 32. The van der Waals surface area contributed by atoms with Crippen LogP contribution in [0.5, 0.6) is 11.6 Å². The average Bonchev–Trinajstić information content (AvgIpc) is 1.55. The van der Waals surface area contributed by atoms with Crippen molar-refractivity contribution in [1.29, 1.82) is 0 Å². The van der Waals surface area contributed by atoms with Crippen molar-refractivity contribution in [3.8, 4) is 74.8 Å². The number of benzene rings is 9. The molecule has 17 heteroatoms. The minimum absolute atomic E-state index is 0.0241. The maximum Gasteiger partial charge on any atom is 0.331 e. The monoisotopic (exact) mass is 1370 g/mol. The molecule has 0 spiro atoms.